The zero-order chi connectivity index (χ0) is 7.97. The zero-order valence-corrected chi connectivity index (χ0v) is 6.50. The molecular formula is C9H8N2O. The molecule has 0 aliphatic heterocycles. The summed E-state index contributed by atoms with van der Waals surface area (Å²) in [4.78, 5) is 3.17. The van der Waals surface area contributed by atoms with Gasteiger partial charge in [0.05, 0.1) is 11.9 Å². The van der Waals surface area contributed by atoms with Crippen molar-refractivity contribution in [3.63, 3.8) is 0 Å². The maximum absolute atomic E-state index is 5.16. The molecule has 0 amide bonds. The fourth-order valence-corrected chi connectivity index (χ4v) is 1.73. The summed E-state index contributed by atoms with van der Waals surface area (Å²) in [6.45, 7) is 0. The summed E-state index contributed by atoms with van der Waals surface area (Å²) in [5.41, 5.74) is 3.65. The minimum atomic E-state index is 0.918. The molecule has 2 heterocycles. The second-order valence-corrected chi connectivity index (χ2v) is 3.06. The summed E-state index contributed by atoms with van der Waals surface area (Å²) >= 11 is 0. The van der Waals surface area contributed by atoms with Crippen molar-refractivity contribution in [3.8, 4) is 11.5 Å². The number of H-pyrrole nitrogens is 1. The van der Waals surface area contributed by atoms with Crippen molar-refractivity contribution in [1.82, 2.24) is 10.1 Å². The predicted octanol–water partition coefficient (Wildman–Crippen LogP) is 1.77. The van der Waals surface area contributed by atoms with Crippen LogP contribution in [0.15, 0.2) is 23.0 Å². The maximum Gasteiger partial charge on any atom is 0.186 e. The van der Waals surface area contributed by atoms with Gasteiger partial charge in [0, 0.05) is 11.8 Å². The van der Waals surface area contributed by atoms with E-state index in [0.717, 1.165) is 24.3 Å². The van der Waals surface area contributed by atoms with Crippen LogP contribution in [0.5, 0.6) is 0 Å². The number of aromatic nitrogens is 2. The molecule has 2 aromatic heterocycles. The van der Waals surface area contributed by atoms with Crippen molar-refractivity contribution in [2.75, 3.05) is 0 Å². The first kappa shape index (κ1) is 6.06. The van der Waals surface area contributed by atoms with Crippen LogP contribution in [0.1, 0.15) is 11.1 Å². The van der Waals surface area contributed by atoms with E-state index in [4.69, 9.17) is 4.52 Å². The van der Waals surface area contributed by atoms with E-state index in [9.17, 15) is 0 Å². The summed E-state index contributed by atoms with van der Waals surface area (Å²) in [6, 6.07) is 2.10. The van der Waals surface area contributed by atoms with E-state index in [1.54, 1.807) is 6.20 Å². The molecule has 3 heteroatoms. The fraction of sp³-hybridized carbons (Fsp3) is 0.222. The molecule has 1 aliphatic carbocycles. The van der Waals surface area contributed by atoms with Crippen LogP contribution in [-0.2, 0) is 12.8 Å². The van der Waals surface area contributed by atoms with Gasteiger partial charge in [-0.05, 0) is 24.5 Å². The van der Waals surface area contributed by atoms with Gasteiger partial charge in [0.25, 0.3) is 0 Å². The molecule has 0 unspecified atom stereocenters. The minimum Gasteiger partial charge on any atom is -0.358 e. The lowest BCUT2D eigenvalue weighted by Crippen LogP contribution is -1.99. The molecule has 0 saturated heterocycles. The van der Waals surface area contributed by atoms with Crippen LogP contribution in [0.4, 0.5) is 0 Å². The van der Waals surface area contributed by atoms with E-state index >= 15 is 0 Å². The predicted molar refractivity (Wildman–Crippen MR) is 43.7 cm³/mol. The average molecular weight is 160 g/mol. The zero-order valence-electron chi connectivity index (χ0n) is 6.50. The summed E-state index contributed by atoms with van der Waals surface area (Å²) < 4.78 is 5.16. The maximum atomic E-state index is 5.16. The molecule has 0 bridgehead atoms. The minimum absolute atomic E-state index is 0.918. The van der Waals surface area contributed by atoms with Crippen LogP contribution >= 0.6 is 0 Å². The molecule has 12 heavy (non-hydrogen) atoms. The topological polar surface area (TPSA) is 41.8 Å². The molecule has 3 nitrogen and oxygen atoms in total. The van der Waals surface area contributed by atoms with Gasteiger partial charge in [0.15, 0.2) is 5.76 Å². The fourth-order valence-electron chi connectivity index (χ4n) is 1.73. The highest BCUT2D eigenvalue weighted by Gasteiger charge is 2.20. The standard InChI is InChI=1S/C9H8N2O/c1-2-7-5-11-12-9(7)8-6(1)3-4-10-8/h3-5,10H,1-2H2. The first-order valence-corrected chi connectivity index (χ1v) is 4.05. The Morgan fingerprint density at radius 3 is 3.25 bits per heavy atom. The number of hydrogen-bond acceptors (Lipinski definition) is 2. The van der Waals surface area contributed by atoms with Crippen LogP contribution in [0, 0.1) is 0 Å². The molecule has 1 N–H and O–H groups in total. The molecule has 0 aromatic carbocycles. The summed E-state index contributed by atoms with van der Waals surface area (Å²) in [5.74, 6) is 0.918. The molecule has 0 fully saturated rings. The third-order valence-electron chi connectivity index (χ3n) is 2.37. The van der Waals surface area contributed by atoms with E-state index in [-0.39, 0.29) is 0 Å². The van der Waals surface area contributed by atoms with Crippen molar-refractivity contribution < 1.29 is 4.52 Å². The van der Waals surface area contributed by atoms with Gasteiger partial charge in [0.2, 0.25) is 0 Å². The Labute approximate surface area is 69.4 Å². The van der Waals surface area contributed by atoms with E-state index in [0.29, 0.717) is 0 Å². The summed E-state index contributed by atoms with van der Waals surface area (Å²) in [5, 5.41) is 3.79. The quantitative estimate of drug-likeness (QED) is 0.638. The first-order chi connectivity index (χ1) is 5.95. The van der Waals surface area contributed by atoms with Crippen LogP contribution in [0.2, 0.25) is 0 Å². The highest BCUT2D eigenvalue weighted by molar-refractivity contribution is 5.63. The number of aromatic amines is 1. The normalized spacial score (nSPS) is 14.0. The van der Waals surface area contributed by atoms with Crippen molar-refractivity contribution in [3.05, 3.63) is 29.6 Å². The van der Waals surface area contributed by atoms with Crippen molar-refractivity contribution in [2.24, 2.45) is 0 Å². The molecular weight excluding hydrogens is 152 g/mol. The first-order valence-electron chi connectivity index (χ1n) is 4.05. The van der Waals surface area contributed by atoms with E-state index in [1.807, 2.05) is 6.20 Å². The molecule has 0 radical (unpaired) electrons. The van der Waals surface area contributed by atoms with Crippen LogP contribution in [0.25, 0.3) is 11.5 Å². The number of aryl methyl sites for hydroxylation is 2. The third-order valence-corrected chi connectivity index (χ3v) is 2.37. The Bertz CT molecular complexity index is 373. The van der Waals surface area contributed by atoms with Gasteiger partial charge in [-0.3, -0.25) is 0 Å². The lowest BCUT2D eigenvalue weighted by molar-refractivity contribution is 0.429. The Kier molecular flexibility index (Phi) is 1.01. The molecule has 0 saturated carbocycles. The monoisotopic (exact) mass is 160 g/mol. The van der Waals surface area contributed by atoms with Crippen LogP contribution < -0.4 is 0 Å². The van der Waals surface area contributed by atoms with Gasteiger partial charge >= 0.3 is 0 Å². The average Bonchev–Trinajstić information content (AvgIpc) is 2.71. The largest absolute Gasteiger partial charge is 0.358 e. The van der Waals surface area contributed by atoms with Gasteiger partial charge in [-0.2, -0.15) is 0 Å². The number of nitrogens with one attached hydrogen (secondary N) is 1. The smallest absolute Gasteiger partial charge is 0.186 e. The molecule has 2 aromatic rings. The Morgan fingerprint density at radius 2 is 2.25 bits per heavy atom. The molecule has 60 valence electrons. The molecule has 0 spiro atoms. The highest BCUT2D eigenvalue weighted by atomic mass is 16.5. The van der Waals surface area contributed by atoms with Crippen molar-refractivity contribution in [2.45, 2.75) is 12.8 Å². The lowest BCUT2D eigenvalue weighted by atomic mass is 9.97. The van der Waals surface area contributed by atoms with Gasteiger partial charge in [0.1, 0.15) is 0 Å². The highest BCUT2D eigenvalue weighted by Crippen LogP contribution is 2.31. The number of hydrogen-bond donors (Lipinski definition) is 1. The van der Waals surface area contributed by atoms with E-state index in [2.05, 4.69) is 16.2 Å². The van der Waals surface area contributed by atoms with Gasteiger partial charge in [-0.1, -0.05) is 5.16 Å². The van der Waals surface area contributed by atoms with Crippen molar-refractivity contribution >= 4 is 0 Å². The van der Waals surface area contributed by atoms with E-state index < -0.39 is 0 Å². The van der Waals surface area contributed by atoms with Crippen LogP contribution in [-0.4, -0.2) is 10.1 Å². The summed E-state index contributed by atoms with van der Waals surface area (Å²) in [6.07, 6.45) is 5.89. The van der Waals surface area contributed by atoms with Crippen molar-refractivity contribution in [1.29, 1.82) is 0 Å². The van der Waals surface area contributed by atoms with Gasteiger partial charge in [-0.15, -0.1) is 0 Å². The molecule has 1 aliphatic rings. The summed E-state index contributed by atoms with van der Waals surface area (Å²) in [7, 11) is 0. The van der Waals surface area contributed by atoms with Crippen LogP contribution in [0.3, 0.4) is 0 Å². The Morgan fingerprint density at radius 1 is 1.33 bits per heavy atom. The number of rotatable bonds is 0. The Hall–Kier alpha value is -1.51. The molecule has 3 rings (SSSR count). The molecule has 0 atom stereocenters. The number of fused-ring (bicyclic) bond motifs is 3. The third kappa shape index (κ3) is 0.630. The Balaban J connectivity index is 2.32. The van der Waals surface area contributed by atoms with Gasteiger partial charge < -0.3 is 9.51 Å². The van der Waals surface area contributed by atoms with E-state index in [1.165, 1.54) is 11.1 Å². The SMILES string of the molecule is c1cc2c([nH]1)-c1oncc1CC2. The second-order valence-electron chi connectivity index (χ2n) is 3.06. The number of nitrogens with zero attached hydrogens (tertiary/aromatic N) is 1. The van der Waals surface area contributed by atoms with Gasteiger partial charge in [-0.25, -0.2) is 0 Å². The second kappa shape index (κ2) is 2.00. The lowest BCUT2D eigenvalue weighted by Gasteiger charge is -2.08.